The van der Waals surface area contributed by atoms with Crippen molar-refractivity contribution in [1.82, 2.24) is 15.0 Å². The van der Waals surface area contributed by atoms with Gasteiger partial charge in [0, 0.05) is 22.6 Å². The second-order valence-corrected chi connectivity index (χ2v) is 7.38. The van der Waals surface area contributed by atoms with E-state index in [4.69, 9.17) is 19.9 Å². The molecule has 1 aliphatic heterocycles. The van der Waals surface area contributed by atoms with Crippen LogP contribution < -0.4 is 25.3 Å². The van der Waals surface area contributed by atoms with Gasteiger partial charge in [-0.25, -0.2) is 4.98 Å². The summed E-state index contributed by atoms with van der Waals surface area (Å²) in [4.78, 5) is 12.8. The van der Waals surface area contributed by atoms with Crippen LogP contribution in [0.15, 0.2) is 59.5 Å². The Morgan fingerprint density at radius 1 is 1.07 bits per heavy atom. The molecule has 0 saturated carbocycles. The summed E-state index contributed by atoms with van der Waals surface area (Å²) in [5.74, 6) is 2.76. The van der Waals surface area contributed by atoms with Gasteiger partial charge in [-0.3, -0.25) is 4.98 Å². The molecule has 0 amide bonds. The molecule has 5 rings (SSSR count). The highest BCUT2D eigenvalue weighted by atomic mass is 79.9. The van der Waals surface area contributed by atoms with Gasteiger partial charge < -0.3 is 25.3 Å². The van der Waals surface area contributed by atoms with Gasteiger partial charge in [-0.1, -0.05) is 28.1 Å². The third-order valence-electron chi connectivity index (χ3n) is 4.63. The van der Waals surface area contributed by atoms with Crippen molar-refractivity contribution in [3.8, 4) is 23.1 Å². The Bertz CT molecular complexity index is 1250. The van der Waals surface area contributed by atoms with Gasteiger partial charge in [0.05, 0.1) is 0 Å². The standard InChI is InChI=1S/C21H16BrN5O3/c22-14-4-6-16(19-13(14)2-1-7-24-19)30-21-18(23)20(26-10-27-21)25-9-12-3-5-15-17(8-12)29-11-28-15/h1-8,10H,9,11,23H2,(H,25,26,27). The molecule has 1 aliphatic rings. The number of ether oxygens (including phenoxy) is 3. The number of fused-ring (bicyclic) bond motifs is 2. The van der Waals surface area contributed by atoms with Gasteiger partial charge in [-0.15, -0.1) is 0 Å². The minimum atomic E-state index is 0.241. The van der Waals surface area contributed by atoms with Crippen LogP contribution in [0.4, 0.5) is 11.5 Å². The Labute approximate surface area is 180 Å². The number of anilines is 2. The van der Waals surface area contributed by atoms with Crippen molar-refractivity contribution in [3.63, 3.8) is 0 Å². The van der Waals surface area contributed by atoms with Crippen LogP contribution in [0.2, 0.25) is 0 Å². The van der Waals surface area contributed by atoms with Crippen LogP contribution in [0.25, 0.3) is 10.9 Å². The van der Waals surface area contributed by atoms with Gasteiger partial charge in [0.25, 0.3) is 0 Å². The molecule has 2 aromatic heterocycles. The lowest BCUT2D eigenvalue weighted by Gasteiger charge is -2.13. The van der Waals surface area contributed by atoms with Crippen molar-refractivity contribution in [2.45, 2.75) is 6.54 Å². The van der Waals surface area contributed by atoms with Crippen LogP contribution in [-0.4, -0.2) is 21.7 Å². The van der Waals surface area contributed by atoms with Crippen LogP contribution in [0.5, 0.6) is 23.1 Å². The lowest BCUT2D eigenvalue weighted by atomic mass is 10.2. The first-order chi connectivity index (χ1) is 14.7. The summed E-state index contributed by atoms with van der Waals surface area (Å²) < 4.78 is 17.7. The van der Waals surface area contributed by atoms with E-state index in [-0.39, 0.29) is 12.7 Å². The van der Waals surface area contributed by atoms with E-state index in [1.807, 2.05) is 42.5 Å². The number of halogens is 1. The molecule has 9 heteroatoms. The first-order valence-electron chi connectivity index (χ1n) is 9.13. The third-order valence-corrected chi connectivity index (χ3v) is 5.32. The summed E-state index contributed by atoms with van der Waals surface area (Å²) in [7, 11) is 0. The number of hydrogen-bond donors (Lipinski definition) is 2. The lowest BCUT2D eigenvalue weighted by Crippen LogP contribution is -2.07. The van der Waals surface area contributed by atoms with Gasteiger partial charge in [-0.2, -0.15) is 4.98 Å². The number of nitrogens with two attached hydrogens (primary N) is 1. The Morgan fingerprint density at radius 3 is 2.90 bits per heavy atom. The topological polar surface area (TPSA) is 104 Å². The van der Waals surface area contributed by atoms with Crippen molar-refractivity contribution in [2.75, 3.05) is 17.8 Å². The van der Waals surface area contributed by atoms with Crippen LogP contribution in [0.1, 0.15) is 5.56 Å². The number of aromatic nitrogens is 3. The first-order valence-corrected chi connectivity index (χ1v) is 9.92. The van der Waals surface area contributed by atoms with Crippen molar-refractivity contribution in [1.29, 1.82) is 0 Å². The maximum atomic E-state index is 6.27. The molecule has 0 unspecified atom stereocenters. The number of nitrogen functional groups attached to an aromatic ring is 1. The lowest BCUT2D eigenvalue weighted by molar-refractivity contribution is 0.174. The normalized spacial score (nSPS) is 12.2. The minimum Gasteiger partial charge on any atom is -0.454 e. The molecule has 0 saturated heterocycles. The molecule has 0 spiro atoms. The number of nitrogens with one attached hydrogen (secondary N) is 1. The molecule has 0 atom stereocenters. The second-order valence-electron chi connectivity index (χ2n) is 6.53. The first kappa shape index (κ1) is 18.4. The second kappa shape index (κ2) is 7.68. The molecule has 30 heavy (non-hydrogen) atoms. The molecule has 0 aliphatic carbocycles. The minimum absolute atomic E-state index is 0.241. The molecular formula is C21H16BrN5O3. The summed E-state index contributed by atoms with van der Waals surface area (Å²) >= 11 is 3.53. The van der Waals surface area contributed by atoms with Crippen LogP contribution >= 0.6 is 15.9 Å². The van der Waals surface area contributed by atoms with Gasteiger partial charge in [0.15, 0.2) is 23.1 Å². The van der Waals surface area contributed by atoms with Crippen LogP contribution in [0, 0.1) is 0 Å². The van der Waals surface area contributed by atoms with Crippen molar-refractivity contribution < 1.29 is 14.2 Å². The number of nitrogens with zero attached hydrogens (tertiary/aromatic N) is 3. The Morgan fingerprint density at radius 2 is 1.97 bits per heavy atom. The average Bonchev–Trinajstić information content (AvgIpc) is 3.24. The number of hydrogen-bond acceptors (Lipinski definition) is 8. The van der Waals surface area contributed by atoms with E-state index in [0.29, 0.717) is 29.3 Å². The number of benzene rings is 2. The summed E-state index contributed by atoms with van der Waals surface area (Å²) in [6, 6.07) is 13.3. The quantitative estimate of drug-likeness (QED) is 0.443. The van der Waals surface area contributed by atoms with Gasteiger partial charge in [0.1, 0.15) is 17.5 Å². The van der Waals surface area contributed by atoms with E-state index in [9.17, 15) is 0 Å². The van der Waals surface area contributed by atoms with Crippen LogP contribution in [-0.2, 0) is 6.54 Å². The average molecular weight is 466 g/mol. The largest absolute Gasteiger partial charge is 0.454 e. The third kappa shape index (κ3) is 3.43. The highest BCUT2D eigenvalue weighted by Gasteiger charge is 2.15. The SMILES string of the molecule is Nc1c(NCc2ccc3c(c2)OCO3)ncnc1Oc1ccc(Br)c2cccnc12. The molecule has 8 nitrogen and oxygen atoms in total. The van der Waals surface area contributed by atoms with Crippen molar-refractivity contribution >= 4 is 38.3 Å². The maximum Gasteiger partial charge on any atom is 0.248 e. The van der Waals surface area contributed by atoms with Crippen molar-refractivity contribution in [3.05, 3.63) is 65.0 Å². The Balaban J connectivity index is 1.38. The molecule has 2 aromatic carbocycles. The van der Waals surface area contributed by atoms with Gasteiger partial charge in [0.2, 0.25) is 12.7 Å². The monoisotopic (exact) mass is 465 g/mol. The number of rotatable bonds is 5. The summed E-state index contributed by atoms with van der Waals surface area (Å²) in [6.45, 7) is 0.742. The van der Waals surface area contributed by atoms with Crippen LogP contribution in [0.3, 0.4) is 0 Å². The molecule has 0 fully saturated rings. The Hall–Kier alpha value is -3.59. The molecular weight excluding hydrogens is 450 g/mol. The fraction of sp³-hybridized carbons (Fsp3) is 0.0952. The van der Waals surface area contributed by atoms with E-state index in [0.717, 1.165) is 26.9 Å². The van der Waals surface area contributed by atoms with Gasteiger partial charge >= 0.3 is 0 Å². The van der Waals surface area contributed by atoms with E-state index in [1.54, 1.807) is 6.20 Å². The molecule has 3 N–H and O–H groups in total. The zero-order chi connectivity index (χ0) is 20.5. The summed E-state index contributed by atoms with van der Waals surface area (Å²) in [5, 5.41) is 4.15. The Kier molecular flexibility index (Phi) is 4.72. The predicted octanol–water partition coefficient (Wildman–Crippen LogP) is 4.50. The van der Waals surface area contributed by atoms with E-state index in [2.05, 4.69) is 36.2 Å². The van der Waals surface area contributed by atoms with E-state index in [1.165, 1.54) is 6.33 Å². The smallest absolute Gasteiger partial charge is 0.248 e. The molecule has 150 valence electrons. The zero-order valence-electron chi connectivity index (χ0n) is 15.6. The predicted molar refractivity (Wildman–Crippen MR) is 116 cm³/mol. The van der Waals surface area contributed by atoms with E-state index >= 15 is 0 Å². The zero-order valence-corrected chi connectivity index (χ0v) is 17.2. The van der Waals surface area contributed by atoms with Crippen molar-refractivity contribution in [2.24, 2.45) is 0 Å². The molecule has 0 bridgehead atoms. The van der Waals surface area contributed by atoms with Gasteiger partial charge in [-0.05, 0) is 35.9 Å². The molecule has 0 radical (unpaired) electrons. The maximum absolute atomic E-state index is 6.27. The highest BCUT2D eigenvalue weighted by Crippen LogP contribution is 2.36. The highest BCUT2D eigenvalue weighted by molar-refractivity contribution is 9.10. The summed E-state index contributed by atoms with van der Waals surface area (Å²) in [5.41, 5.74) is 8.29. The fourth-order valence-corrected chi connectivity index (χ4v) is 3.59. The number of pyridine rings is 1. The fourth-order valence-electron chi connectivity index (χ4n) is 3.14. The van der Waals surface area contributed by atoms with E-state index < -0.39 is 0 Å². The summed E-state index contributed by atoms with van der Waals surface area (Å²) in [6.07, 6.45) is 3.12. The molecule has 4 aromatic rings. The molecule has 3 heterocycles.